The van der Waals surface area contributed by atoms with E-state index in [1.807, 2.05) is 14.0 Å². The first-order valence-corrected chi connectivity index (χ1v) is 8.76. The third kappa shape index (κ3) is 3.37. The molecule has 2 aromatic carbocycles. The van der Waals surface area contributed by atoms with Crippen LogP contribution in [0.1, 0.15) is 47.8 Å². The molecule has 0 amide bonds. The van der Waals surface area contributed by atoms with Crippen molar-refractivity contribution in [1.82, 2.24) is 0 Å². The number of anilines is 1. The van der Waals surface area contributed by atoms with Gasteiger partial charge >= 0.3 is 5.97 Å². The molecule has 0 atom stereocenters. The van der Waals surface area contributed by atoms with Gasteiger partial charge in [0, 0.05) is 30.1 Å². The Morgan fingerprint density at radius 2 is 1.96 bits per heavy atom. The molecule has 2 aromatic rings. The molecular weight excluding hydrogens is 343 g/mol. The lowest BCUT2D eigenvalue weighted by Gasteiger charge is -2.40. The van der Waals surface area contributed by atoms with Crippen molar-refractivity contribution >= 4 is 29.1 Å². The summed E-state index contributed by atoms with van der Waals surface area (Å²) >= 11 is 0. The zero-order chi connectivity index (χ0) is 19.9. The third-order valence-electron chi connectivity index (χ3n) is 5.21. The zero-order valence-electron chi connectivity index (χ0n) is 16.2. The second-order valence-corrected chi connectivity index (χ2v) is 7.44. The lowest BCUT2D eigenvalue weighted by Crippen LogP contribution is -2.42. The van der Waals surface area contributed by atoms with Gasteiger partial charge in [-0.1, -0.05) is 12.1 Å². The van der Waals surface area contributed by atoms with Crippen molar-refractivity contribution in [2.24, 2.45) is 4.99 Å². The molecule has 0 saturated carbocycles. The molecule has 0 unspecified atom stereocenters. The number of carbonyl (C=O) groups is 1. The van der Waals surface area contributed by atoms with Crippen molar-refractivity contribution in [3.63, 3.8) is 0 Å². The van der Waals surface area contributed by atoms with Gasteiger partial charge in [0.2, 0.25) is 0 Å². The van der Waals surface area contributed by atoms with Gasteiger partial charge in [-0.25, -0.2) is 9.18 Å². The number of carboxylic acids is 1. The van der Waals surface area contributed by atoms with Crippen LogP contribution in [0.2, 0.25) is 0 Å². The normalized spacial score (nSPS) is 15.6. The molecule has 0 bridgehead atoms. The molecule has 4 nitrogen and oxygen atoms in total. The number of hydrogen-bond acceptors (Lipinski definition) is 3. The molecule has 3 rings (SSSR count). The van der Waals surface area contributed by atoms with E-state index in [2.05, 4.69) is 29.8 Å². The Morgan fingerprint density at radius 3 is 2.63 bits per heavy atom. The van der Waals surface area contributed by atoms with Gasteiger partial charge in [-0.05, 0) is 63.1 Å². The minimum atomic E-state index is -1.00. The van der Waals surface area contributed by atoms with Gasteiger partial charge in [0.05, 0.1) is 16.8 Å². The second-order valence-electron chi connectivity index (χ2n) is 7.44. The topological polar surface area (TPSA) is 52.9 Å². The molecule has 0 spiro atoms. The van der Waals surface area contributed by atoms with Gasteiger partial charge < -0.3 is 10.0 Å². The molecule has 0 radical (unpaired) electrons. The largest absolute Gasteiger partial charge is 0.478 e. The highest BCUT2D eigenvalue weighted by molar-refractivity contribution is 5.92. The van der Waals surface area contributed by atoms with Gasteiger partial charge in [-0.2, -0.15) is 0 Å². The van der Waals surface area contributed by atoms with E-state index in [9.17, 15) is 14.3 Å². The smallest absolute Gasteiger partial charge is 0.336 e. The van der Waals surface area contributed by atoms with Crippen LogP contribution in [0.15, 0.2) is 41.4 Å². The summed E-state index contributed by atoms with van der Waals surface area (Å²) in [7, 11) is 1.95. The van der Waals surface area contributed by atoms with E-state index in [-0.39, 0.29) is 16.9 Å². The Bertz CT molecular complexity index is 990. The molecule has 0 aromatic heterocycles. The molecule has 0 fully saturated rings. The summed E-state index contributed by atoms with van der Waals surface area (Å²) in [6, 6.07) is 8.21. The van der Waals surface area contributed by atoms with Crippen molar-refractivity contribution in [3.8, 4) is 0 Å². The summed E-state index contributed by atoms with van der Waals surface area (Å²) in [6.45, 7) is 7.89. The molecule has 1 N–H and O–H groups in total. The summed E-state index contributed by atoms with van der Waals surface area (Å²) in [6.07, 6.45) is 3.62. The third-order valence-corrected chi connectivity index (χ3v) is 5.21. The van der Waals surface area contributed by atoms with Crippen molar-refractivity contribution in [2.45, 2.75) is 33.2 Å². The fraction of sp³-hybridized carbons (Fsp3) is 0.273. The number of benzene rings is 2. The molecule has 5 heteroatoms. The highest BCUT2D eigenvalue weighted by atomic mass is 19.1. The Kier molecular flexibility index (Phi) is 4.64. The van der Waals surface area contributed by atoms with Crippen LogP contribution in [0.5, 0.6) is 0 Å². The van der Waals surface area contributed by atoms with Gasteiger partial charge in [0.25, 0.3) is 0 Å². The summed E-state index contributed by atoms with van der Waals surface area (Å²) in [5, 5.41) is 9.23. The van der Waals surface area contributed by atoms with Crippen LogP contribution in [-0.2, 0) is 0 Å². The van der Waals surface area contributed by atoms with Gasteiger partial charge in [-0.15, -0.1) is 0 Å². The fourth-order valence-corrected chi connectivity index (χ4v) is 3.42. The lowest BCUT2D eigenvalue weighted by molar-refractivity contribution is 0.0696. The molecular formula is C22H23FN2O2. The van der Waals surface area contributed by atoms with Crippen molar-refractivity contribution in [1.29, 1.82) is 0 Å². The highest BCUT2D eigenvalue weighted by Gasteiger charge is 2.29. The Balaban J connectivity index is 2.03. The number of hydrogen-bond donors (Lipinski definition) is 1. The minimum absolute atomic E-state index is 0.187. The van der Waals surface area contributed by atoms with E-state index in [1.54, 1.807) is 25.1 Å². The second kappa shape index (κ2) is 6.65. The minimum Gasteiger partial charge on any atom is -0.478 e. The van der Waals surface area contributed by atoms with Gasteiger partial charge in [0.1, 0.15) is 5.82 Å². The average molecular weight is 366 g/mol. The maximum absolute atomic E-state index is 14.7. The Hall–Kier alpha value is -2.95. The van der Waals surface area contributed by atoms with Gasteiger partial charge in [0.15, 0.2) is 0 Å². The van der Waals surface area contributed by atoms with Crippen LogP contribution in [0.25, 0.3) is 5.57 Å². The summed E-state index contributed by atoms with van der Waals surface area (Å²) < 4.78 is 14.7. The number of likely N-dealkylation sites (N-methyl/N-ethyl adjacent to an activating group) is 1. The number of fused-ring (bicyclic) bond motifs is 1. The van der Waals surface area contributed by atoms with Crippen LogP contribution < -0.4 is 4.90 Å². The molecule has 140 valence electrons. The summed E-state index contributed by atoms with van der Waals surface area (Å²) in [4.78, 5) is 17.7. The molecule has 1 heterocycles. The van der Waals surface area contributed by atoms with E-state index in [0.29, 0.717) is 16.8 Å². The van der Waals surface area contributed by atoms with E-state index in [4.69, 9.17) is 0 Å². The van der Waals surface area contributed by atoms with Crippen LogP contribution in [0.3, 0.4) is 0 Å². The van der Waals surface area contributed by atoms with Crippen LogP contribution in [0.4, 0.5) is 15.8 Å². The first-order chi connectivity index (χ1) is 12.6. The number of rotatable bonds is 3. The molecule has 27 heavy (non-hydrogen) atoms. The van der Waals surface area contributed by atoms with E-state index in [1.165, 1.54) is 18.3 Å². The number of aliphatic imine (C=N–C) groups is 1. The quantitative estimate of drug-likeness (QED) is 0.758. The fourth-order valence-electron chi connectivity index (χ4n) is 3.42. The molecule has 1 aliphatic heterocycles. The van der Waals surface area contributed by atoms with E-state index < -0.39 is 5.97 Å². The monoisotopic (exact) mass is 366 g/mol. The van der Waals surface area contributed by atoms with Gasteiger partial charge in [-0.3, -0.25) is 4.99 Å². The number of allylic oxidation sites excluding steroid dienone is 1. The lowest BCUT2D eigenvalue weighted by atomic mass is 9.88. The first kappa shape index (κ1) is 18.8. The summed E-state index contributed by atoms with van der Waals surface area (Å²) in [5.41, 5.74) is 4.34. The number of halogens is 1. The predicted octanol–water partition coefficient (Wildman–Crippen LogP) is 5.21. The molecule has 1 aliphatic rings. The number of aromatic carboxylic acids is 1. The SMILES string of the molecule is CC1=CC(C)(C)N(C)c2cc(F)c(C=Nc3cccc(C(=O)O)c3C)cc21. The van der Waals surface area contributed by atoms with Crippen molar-refractivity contribution in [2.75, 3.05) is 11.9 Å². The Labute approximate surface area is 158 Å². The standard InChI is InChI=1S/C22H23FN2O2/c1-13-11-22(3,4)25(5)20-10-18(23)15(9-17(13)20)12-24-19-8-6-7-16(14(19)2)21(26)27/h6-12H,1-5H3,(H,26,27). The van der Waals surface area contributed by atoms with E-state index >= 15 is 0 Å². The Morgan fingerprint density at radius 1 is 1.26 bits per heavy atom. The number of nitrogens with zero attached hydrogens (tertiary/aromatic N) is 2. The average Bonchev–Trinajstić information content (AvgIpc) is 2.59. The maximum Gasteiger partial charge on any atom is 0.336 e. The molecule has 0 aliphatic carbocycles. The van der Waals surface area contributed by atoms with E-state index in [0.717, 1.165) is 16.8 Å². The van der Waals surface area contributed by atoms with Crippen LogP contribution in [0, 0.1) is 12.7 Å². The van der Waals surface area contributed by atoms with Crippen molar-refractivity contribution in [3.05, 3.63) is 64.5 Å². The zero-order valence-corrected chi connectivity index (χ0v) is 16.2. The van der Waals surface area contributed by atoms with Crippen LogP contribution in [-0.4, -0.2) is 29.9 Å². The first-order valence-electron chi connectivity index (χ1n) is 8.76. The predicted molar refractivity (Wildman–Crippen MR) is 108 cm³/mol. The highest BCUT2D eigenvalue weighted by Crippen LogP contribution is 2.38. The summed E-state index contributed by atoms with van der Waals surface area (Å²) in [5.74, 6) is -1.36. The molecule has 0 saturated heterocycles. The number of carboxylic acid groups (broad SMARTS) is 1. The maximum atomic E-state index is 14.7. The van der Waals surface area contributed by atoms with Crippen LogP contribution >= 0.6 is 0 Å². The van der Waals surface area contributed by atoms with Crippen molar-refractivity contribution < 1.29 is 14.3 Å².